The summed E-state index contributed by atoms with van der Waals surface area (Å²) in [5.41, 5.74) is 11.5. The first-order chi connectivity index (χ1) is 13.9. The van der Waals surface area contributed by atoms with Crippen molar-refractivity contribution in [3.8, 4) is 0 Å². The van der Waals surface area contributed by atoms with E-state index in [0.717, 1.165) is 11.1 Å². The van der Waals surface area contributed by atoms with Gasteiger partial charge in [-0.1, -0.05) is 24.6 Å². The molecule has 0 fully saturated rings. The third-order valence-corrected chi connectivity index (χ3v) is 5.93. The van der Waals surface area contributed by atoms with Gasteiger partial charge in [-0.25, -0.2) is 4.39 Å². The van der Waals surface area contributed by atoms with Crippen molar-refractivity contribution in [3.63, 3.8) is 0 Å². The summed E-state index contributed by atoms with van der Waals surface area (Å²) >= 11 is 0. The van der Waals surface area contributed by atoms with E-state index < -0.39 is 30.0 Å². The molecule has 0 bridgehead atoms. The predicted molar refractivity (Wildman–Crippen MR) is 109 cm³/mol. The van der Waals surface area contributed by atoms with Crippen LogP contribution in [0.3, 0.4) is 0 Å². The van der Waals surface area contributed by atoms with Crippen LogP contribution in [0.1, 0.15) is 32.3 Å². The summed E-state index contributed by atoms with van der Waals surface area (Å²) in [5, 5.41) is 0. The van der Waals surface area contributed by atoms with Gasteiger partial charge in [0.25, 0.3) is 0 Å². The first kappa shape index (κ1) is 23.8. The van der Waals surface area contributed by atoms with Gasteiger partial charge in [0.2, 0.25) is 5.91 Å². The monoisotopic (exact) mass is 425 g/mol. The minimum absolute atomic E-state index is 0.0120. The van der Waals surface area contributed by atoms with E-state index in [2.05, 4.69) is 11.7 Å². The molecular weight excluding hydrogens is 398 g/mol. The molecule has 1 aliphatic rings. The van der Waals surface area contributed by atoms with E-state index in [1.165, 1.54) is 18.2 Å². The number of halogens is 4. The molecule has 1 aromatic carbocycles. The first-order valence-corrected chi connectivity index (χ1v) is 9.67. The molecule has 4 N–H and O–H groups in total. The Kier molecular flexibility index (Phi) is 7.23. The van der Waals surface area contributed by atoms with E-state index in [-0.39, 0.29) is 17.4 Å². The lowest BCUT2D eigenvalue weighted by molar-refractivity contribution is -0.161. The molecule has 0 aromatic heterocycles. The Labute approximate surface area is 173 Å². The summed E-state index contributed by atoms with van der Waals surface area (Å²) in [7, 11) is 0. The fraction of sp³-hybridized carbons (Fsp3) is 0.455. The lowest BCUT2D eigenvalue weighted by atomic mass is 9.66. The zero-order valence-corrected chi connectivity index (χ0v) is 17.1. The van der Waals surface area contributed by atoms with E-state index in [0.29, 0.717) is 24.8 Å². The molecule has 0 saturated heterocycles. The van der Waals surface area contributed by atoms with Gasteiger partial charge in [0.1, 0.15) is 11.7 Å². The molecule has 1 amide bonds. The second-order valence-corrected chi connectivity index (χ2v) is 7.94. The highest BCUT2D eigenvalue weighted by molar-refractivity contribution is 5.85. The largest absolute Gasteiger partial charge is 0.398 e. The second-order valence-electron chi connectivity index (χ2n) is 7.94. The SMILES string of the molecule is C=N/C(=C\C1=C(Cc2ccc(F)cc2)C(C)CCC1(C)C(N)=O)C(CN)C(F)(F)F. The molecule has 0 aliphatic heterocycles. The van der Waals surface area contributed by atoms with Crippen molar-refractivity contribution in [1.29, 1.82) is 0 Å². The van der Waals surface area contributed by atoms with E-state index in [1.807, 2.05) is 6.92 Å². The highest BCUT2D eigenvalue weighted by Gasteiger charge is 2.44. The third kappa shape index (κ3) is 4.98. The van der Waals surface area contributed by atoms with Crippen LogP contribution in [-0.2, 0) is 11.2 Å². The molecule has 1 aliphatic carbocycles. The number of allylic oxidation sites excluding steroid dienone is 2. The van der Waals surface area contributed by atoms with Gasteiger partial charge in [0.05, 0.1) is 11.1 Å². The van der Waals surface area contributed by atoms with Crippen LogP contribution in [0.5, 0.6) is 0 Å². The zero-order chi connectivity index (χ0) is 22.7. The van der Waals surface area contributed by atoms with Crippen molar-refractivity contribution in [2.75, 3.05) is 6.54 Å². The van der Waals surface area contributed by atoms with Crippen molar-refractivity contribution in [2.24, 2.45) is 33.7 Å². The molecule has 0 heterocycles. The van der Waals surface area contributed by atoms with Crippen LogP contribution in [0.15, 0.2) is 52.2 Å². The Hall–Kier alpha value is -2.48. The van der Waals surface area contributed by atoms with Crippen LogP contribution in [0.25, 0.3) is 0 Å². The van der Waals surface area contributed by atoms with Crippen LogP contribution < -0.4 is 11.5 Å². The number of hydrogen-bond donors (Lipinski definition) is 2. The van der Waals surface area contributed by atoms with Gasteiger partial charge in [-0.2, -0.15) is 13.2 Å². The summed E-state index contributed by atoms with van der Waals surface area (Å²) in [4.78, 5) is 16.0. The standard InChI is InChI=1S/C22H27F4N3O/c1-13-8-9-21(2,20(28)30)17(11-19(29-3)18(12-27)22(24,25)26)16(13)10-14-4-6-15(23)7-5-14/h4-7,11,13,18H,3,8-10,12,27H2,1-2H3,(H2,28,30)/b19-11-. The second kappa shape index (κ2) is 9.12. The first-order valence-electron chi connectivity index (χ1n) is 9.67. The number of nitrogens with zero attached hydrogens (tertiary/aromatic N) is 1. The van der Waals surface area contributed by atoms with Crippen molar-refractivity contribution >= 4 is 12.6 Å². The molecular formula is C22H27F4N3O. The quantitative estimate of drug-likeness (QED) is 0.504. The highest BCUT2D eigenvalue weighted by Crippen LogP contribution is 2.46. The summed E-state index contributed by atoms with van der Waals surface area (Å²) in [5.74, 6) is -3.04. The van der Waals surface area contributed by atoms with Crippen LogP contribution in [0.4, 0.5) is 17.6 Å². The van der Waals surface area contributed by atoms with E-state index >= 15 is 0 Å². The Balaban J connectivity index is 2.70. The average Bonchev–Trinajstić information content (AvgIpc) is 2.67. The third-order valence-electron chi connectivity index (χ3n) is 5.93. The molecule has 1 aromatic rings. The molecule has 0 radical (unpaired) electrons. The van der Waals surface area contributed by atoms with Gasteiger partial charge >= 0.3 is 6.18 Å². The van der Waals surface area contributed by atoms with Gasteiger partial charge in [0.15, 0.2) is 0 Å². The number of nitrogens with two attached hydrogens (primary N) is 2. The van der Waals surface area contributed by atoms with Gasteiger partial charge in [0, 0.05) is 6.54 Å². The number of rotatable bonds is 7. The van der Waals surface area contributed by atoms with Gasteiger partial charge in [-0.05, 0) is 68.2 Å². The molecule has 3 unspecified atom stereocenters. The number of primary amides is 1. The summed E-state index contributed by atoms with van der Waals surface area (Å²) < 4.78 is 53.7. The number of alkyl halides is 3. The fourth-order valence-electron chi connectivity index (χ4n) is 3.86. The number of aliphatic imine (C=N–C) groups is 1. The maximum atomic E-state index is 13.5. The van der Waals surface area contributed by atoms with Crippen LogP contribution >= 0.6 is 0 Å². The van der Waals surface area contributed by atoms with E-state index in [9.17, 15) is 22.4 Å². The summed E-state index contributed by atoms with van der Waals surface area (Å²) in [6.45, 7) is 6.16. The molecule has 0 saturated carbocycles. The zero-order valence-electron chi connectivity index (χ0n) is 17.1. The van der Waals surface area contributed by atoms with Gasteiger partial charge in [-0.3, -0.25) is 9.79 Å². The van der Waals surface area contributed by atoms with Gasteiger partial charge < -0.3 is 11.5 Å². The number of carbonyl (C=O) groups is 1. The van der Waals surface area contributed by atoms with Crippen molar-refractivity contribution in [2.45, 2.75) is 39.3 Å². The fourth-order valence-corrected chi connectivity index (χ4v) is 3.86. The minimum atomic E-state index is -4.61. The minimum Gasteiger partial charge on any atom is -0.369 e. The smallest absolute Gasteiger partial charge is 0.369 e. The van der Waals surface area contributed by atoms with E-state index in [1.54, 1.807) is 19.1 Å². The molecule has 164 valence electrons. The lowest BCUT2D eigenvalue weighted by Crippen LogP contribution is -2.40. The summed E-state index contributed by atoms with van der Waals surface area (Å²) in [6, 6.07) is 5.85. The van der Waals surface area contributed by atoms with Crippen molar-refractivity contribution in [3.05, 3.63) is 58.6 Å². The average molecular weight is 425 g/mol. The molecule has 2 rings (SSSR count). The Morgan fingerprint density at radius 3 is 2.43 bits per heavy atom. The van der Waals surface area contributed by atoms with Crippen molar-refractivity contribution < 1.29 is 22.4 Å². The number of benzene rings is 1. The summed E-state index contributed by atoms with van der Waals surface area (Å²) in [6.07, 6.45) is -1.95. The Morgan fingerprint density at radius 1 is 1.37 bits per heavy atom. The molecule has 30 heavy (non-hydrogen) atoms. The predicted octanol–water partition coefficient (Wildman–Crippen LogP) is 4.31. The topological polar surface area (TPSA) is 81.5 Å². The molecule has 8 heteroatoms. The molecule has 0 spiro atoms. The normalized spacial score (nSPS) is 24.0. The molecule has 3 atom stereocenters. The highest BCUT2D eigenvalue weighted by atomic mass is 19.4. The number of hydrogen-bond acceptors (Lipinski definition) is 3. The van der Waals surface area contributed by atoms with Crippen LogP contribution in [0, 0.1) is 23.1 Å². The molecule has 4 nitrogen and oxygen atoms in total. The van der Waals surface area contributed by atoms with Crippen LogP contribution in [-0.4, -0.2) is 25.3 Å². The van der Waals surface area contributed by atoms with Crippen LogP contribution in [0.2, 0.25) is 0 Å². The lowest BCUT2D eigenvalue weighted by Gasteiger charge is -2.38. The number of amides is 1. The Morgan fingerprint density at radius 2 is 1.97 bits per heavy atom. The van der Waals surface area contributed by atoms with Crippen molar-refractivity contribution in [1.82, 2.24) is 0 Å². The maximum Gasteiger partial charge on any atom is 0.398 e. The van der Waals surface area contributed by atoms with Gasteiger partial charge in [-0.15, -0.1) is 0 Å². The number of carbonyl (C=O) groups excluding carboxylic acids is 1. The maximum absolute atomic E-state index is 13.5. The Bertz CT molecular complexity index is 858. The van der Waals surface area contributed by atoms with E-state index in [4.69, 9.17) is 11.5 Å².